The van der Waals surface area contributed by atoms with E-state index in [2.05, 4.69) is 0 Å². The van der Waals surface area contributed by atoms with Crippen LogP contribution in [0.3, 0.4) is 0 Å². The fraction of sp³-hybridized carbons (Fsp3) is 1.00. The molecule has 3 aliphatic carbocycles. The maximum absolute atomic E-state index is 12.6. The van der Waals surface area contributed by atoms with Crippen molar-refractivity contribution in [2.45, 2.75) is 31.2 Å². The lowest BCUT2D eigenvalue weighted by Crippen LogP contribution is -2.86. The quantitative estimate of drug-likeness (QED) is 0.585. The van der Waals surface area contributed by atoms with Crippen molar-refractivity contribution >= 4 is 12.4 Å². The number of halogens is 3. The normalized spacial score (nSPS) is 54.0. The predicted molar refractivity (Wildman–Crippen MR) is 36.5 cm³/mol. The monoisotopic (exact) mass is 169 g/mol. The number of alkyl halides is 2. The van der Waals surface area contributed by atoms with Gasteiger partial charge in [-0.05, 0) is 12.8 Å². The van der Waals surface area contributed by atoms with E-state index in [1.807, 2.05) is 0 Å². The first-order valence-corrected chi connectivity index (χ1v) is 3.08. The molecule has 0 aromatic rings. The summed E-state index contributed by atoms with van der Waals surface area (Å²) in [6.45, 7) is 1.60. The second-order valence-electron chi connectivity index (χ2n) is 3.64. The maximum Gasteiger partial charge on any atom is 0.271 e. The van der Waals surface area contributed by atoms with Crippen molar-refractivity contribution in [2.24, 2.45) is 11.1 Å². The van der Waals surface area contributed by atoms with Crippen LogP contribution in [0.2, 0.25) is 0 Å². The Morgan fingerprint density at radius 1 is 1.30 bits per heavy atom. The summed E-state index contributed by atoms with van der Waals surface area (Å²) in [5.74, 6) is -2.57. The number of rotatable bonds is 0. The summed E-state index contributed by atoms with van der Waals surface area (Å²) >= 11 is 0. The van der Waals surface area contributed by atoms with Gasteiger partial charge in [0.15, 0.2) is 0 Å². The van der Waals surface area contributed by atoms with Crippen LogP contribution in [0.25, 0.3) is 0 Å². The molecule has 0 atom stereocenters. The molecular formula is C6H10ClF2N. The van der Waals surface area contributed by atoms with Crippen molar-refractivity contribution in [3.05, 3.63) is 0 Å². The van der Waals surface area contributed by atoms with Crippen LogP contribution in [0.15, 0.2) is 0 Å². The smallest absolute Gasteiger partial charge is 0.271 e. The Balaban J connectivity index is 0.000000500. The highest BCUT2D eigenvalue weighted by Gasteiger charge is 2.84. The standard InChI is InChI=1S/C6H9F2N.ClH/c1-4-2-5(9,3-4)6(4,7)8;/h2-3,9H2,1H3;1H. The van der Waals surface area contributed by atoms with Crippen molar-refractivity contribution in [3.8, 4) is 0 Å². The lowest BCUT2D eigenvalue weighted by atomic mass is 9.37. The Morgan fingerprint density at radius 2 is 1.70 bits per heavy atom. The van der Waals surface area contributed by atoms with Crippen LogP contribution in [-0.4, -0.2) is 11.5 Å². The molecule has 0 amide bonds. The lowest BCUT2D eigenvalue weighted by molar-refractivity contribution is -0.353. The minimum absolute atomic E-state index is 0. The number of hydrogen-bond donors (Lipinski definition) is 1. The SMILES string of the molecule is CC12CC(N)(C1)C2(F)F.Cl. The Labute approximate surface area is 64.4 Å². The second kappa shape index (κ2) is 1.48. The zero-order valence-electron chi connectivity index (χ0n) is 5.66. The van der Waals surface area contributed by atoms with Gasteiger partial charge in [0.2, 0.25) is 0 Å². The van der Waals surface area contributed by atoms with Crippen molar-refractivity contribution in [2.75, 3.05) is 0 Å². The van der Waals surface area contributed by atoms with Crippen molar-refractivity contribution < 1.29 is 8.78 Å². The summed E-state index contributed by atoms with van der Waals surface area (Å²) in [5.41, 5.74) is 3.46. The summed E-state index contributed by atoms with van der Waals surface area (Å²) in [6, 6.07) is 0. The van der Waals surface area contributed by atoms with E-state index in [0.717, 1.165) is 0 Å². The van der Waals surface area contributed by atoms with Crippen LogP contribution in [-0.2, 0) is 0 Å². The molecule has 10 heavy (non-hydrogen) atoms. The highest BCUT2D eigenvalue weighted by Crippen LogP contribution is 2.74. The molecule has 3 rings (SSSR count). The summed E-state index contributed by atoms with van der Waals surface area (Å²) < 4.78 is 25.2. The van der Waals surface area contributed by atoms with E-state index in [1.165, 1.54) is 0 Å². The van der Waals surface area contributed by atoms with Gasteiger partial charge in [0.1, 0.15) is 0 Å². The van der Waals surface area contributed by atoms with Gasteiger partial charge < -0.3 is 5.73 Å². The first-order valence-electron chi connectivity index (χ1n) is 3.08. The lowest BCUT2D eigenvalue weighted by Gasteiger charge is -2.72. The molecule has 2 bridgehead atoms. The molecule has 0 aliphatic heterocycles. The number of hydrogen-bond acceptors (Lipinski definition) is 1. The first-order chi connectivity index (χ1) is 3.91. The molecule has 4 heteroatoms. The van der Waals surface area contributed by atoms with Gasteiger partial charge in [-0.25, -0.2) is 8.78 Å². The van der Waals surface area contributed by atoms with E-state index < -0.39 is 16.9 Å². The Kier molecular flexibility index (Phi) is 1.22. The average molecular weight is 170 g/mol. The summed E-state index contributed by atoms with van der Waals surface area (Å²) in [5, 5.41) is 0. The molecule has 2 N–H and O–H groups in total. The Bertz CT molecular complexity index is 159. The summed E-state index contributed by atoms with van der Waals surface area (Å²) in [4.78, 5) is 0. The molecule has 0 aromatic heterocycles. The third-order valence-electron chi connectivity index (χ3n) is 2.79. The van der Waals surface area contributed by atoms with E-state index in [0.29, 0.717) is 12.8 Å². The third-order valence-corrected chi connectivity index (χ3v) is 2.79. The minimum Gasteiger partial charge on any atom is -0.320 e. The molecule has 3 fully saturated rings. The van der Waals surface area contributed by atoms with Gasteiger partial charge in [0.25, 0.3) is 5.92 Å². The average Bonchev–Trinajstić information content (AvgIpc) is 1.64. The molecule has 1 nitrogen and oxygen atoms in total. The highest BCUT2D eigenvalue weighted by molar-refractivity contribution is 5.85. The molecule has 0 spiro atoms. The van der Waals surface area contributed by atoms with Crippen molar-refractivity contribution in [3.63, 3.8) is 0 Å². The summed E-state index contributed by atoms with van der Waals surface area (Å²) in [7, 11) is 0. The minimum atomic E-state index is -2.57. The van der Waals surface area contributed by atoms with E-state index in [4.69, 9.17) is 5.73 Å². The summed E-state index contributed by atoms with van der Waals surface area (Å²) in [6.07, 6.45) is 1.01. The third kappa shape index (κ3) is 0.452. The fourth-order valence-corrected chi connectivity index (χ4v) is 2.17. The first kappa shape index (κ1) is 8.21. The van der Waals surface area contributed by atoms with Crippen LogP contribution >= 0.6 is 12.4 Å². The van der Waals surface area contributed by atoms with Crippen LogP contribution in [0.1, 0.15) is 19.8 Å². The van der Waals surface area contributed by atoms with Gasteiger partial charge in [-0.1, -0.05) is 6.92 Å². The molecule has 3 aliphatic rings. The van der Waals surface area contributed by atoms with E-state index in [1.54, 1.807) is 6.92 Å². The van der Waals surface area contributed by atoms with Gasteiger partial charge >= 0.3 is 0 Å². The molecule has 0 radical (unpaired) electrons. The molecule has 0 unspecified atom stereocenters. The van der Waals surface area contributed by atoms with E-state index in [-0.39, 0.29) is 12.4 Å². The largest absolute Gasteiger partial charge is 0.320 e. The fourth-order valence-electron chi connectivity index (χ4n) is 2.17. The van der Waals surface area contributed by atoms with Crippen LogP contribution in [0.5, 0.6) is 0 Å². The molecule has 0 heterocycles. The molecule has 60 valence electrons. The Morgan fingerprint density at radius 3 is 1.70 bits per heavy atom. The van der Waals surface area contributed by atoms with Crippen LogP contribution in [0.4, 0.5) is 8.78 Å². The van der Waals surface area contributed by atoms with Gasteiger partial charge in [-0.2, -0.15) is 0 Å². The molecule has 0 saturated heterocycles. The van der Waals surface area contributed by atoms with Gasteiger partial charge in [-0.3, -0.25) is 0 Å². The van der Waals surface area contributed by atoms with Gasteiger partial charge in [0, 0.05) is 5.41 Å². The predicted octanol–water partition coefficient (Wildman–Crippen LogP) is 1.55. The molecule has 0 aromatic carbocycles. The van der Waals surface area contributed by atoms with Gasteiger partial charge in [-0.15, -0.1) is 12.4 Å². The Hall–Kier alpha value is 0.110. The van der Waals surface area contributed by atoms with E-state index >= 15 is 0 Å². The number of nitrogens with two attached hydrogens (primary N) is 1. The zero-order valence-corrected chi connectivity index (χ0v) is 6.47. The van der Waals surface area contributed by atoms with E-state index in [9.17, 15) is 8.78 Å². The molecule has 3 saturated carbocycles. The van der Waals surface area contributed by atoms with Crippen LogP contribution < -0.4 is 5.73 Å². The van der Waals surface area contributed by atoms with Crippen LogP contribution in [0, 0.1) is 5.41 Å². The van der Waals surface area contributed by atoms with Crippen molar-refractivity contribution in [1.29, 1.82) is 0 Å². The topological polar surface area (TPSA) is 26.0 Å². The highest BCUT2D eigenvalue weighted by atomic mass is 35.5. The van der Waals surface area contributed by atoms with Gasteiger partial charge in [0.05, 0.1) is 5.54 Å². The van der Waals surface area contributed by atoms with Crippen molar-refractivity contribution in [1.82, 2.24) is 0 Å². The maximum atomic E-state index is 12.6. The molecular weight excluding hydrogens is 160 g/mol. The zero-order chi connectivity index (χ0) is 6.91. The second-order valence-corrected chi connectivity index (χ2v) is 3.64.